The van der Waals surface area contributed by atoms with Crippen LogP contribution in [-0.4, -0.2) is 23.9 Å². The van der Waals surface area contributed by atoms with E-state index in [9.17, 15) is 14.0 Å². The van der Waals surface area contributed by atoms with Crippen LogP contribution in [0.4, 0.5) is 4.39 Å². The third-order valence-corrected chi connectivity index (χ3v) is 4.39. The molecule has 8 nitrogen and oxygen atoms in total. The minimum Gasteiger partial charge on any atom is -0.483 e. The Labute approximate surface area is 178 Å². The van der Waals surface area contributed by atoms with E-state index in [1.165, 1.54) is 42.8 Å². The first-order valence-electron chi connectivity index (χ1n) is 8.87. The first-order valence-corrected chi connectivity index (χ1v) is 9.25. The highest BCUT2D eigenvalue weighted by atomic mass is 35.5. The Hall–Kier alpha value is -3.98. The molecule has 0 aliphatic heterocycles. The molecular weight excluding hydrogens is 429 g/mol. The molecule has 0 saturated carbocycles. The molecule has 2 aromatic heterocycles. The van der Waals surface area contributed by atoms with Crippen LogP contribution in [0.3, 0.4) is 0 Å². The summed E-state index contributed by atoms with van der Waals surface area (Å²) in [5.41, 5.74) is 2.71. The van der Waals surface area contributed by atoms with Crippen molar-refractivity contribution in [3.8, 4) is 17.1 Å². The first-order chi connectivity index (χ1) is 15.0. The molecular formula is C21H13ClFN3O5. The predicted octanol–water partition coefficient (Wildman–Crippen LogP) is 3.77. The number of rotatable bonds is 6. The molecule has 4 rings (SSSR count). The second kappa shape index (κ2) is 8.80. The minimum atomic E-state index is -0.600. The number of aromatic nitrogens is 1. The van der Waals surface area contributed by atoms with E-state index in [1.54, 1.807) is 12.1 Å². The zero-order chi connectivity index (χ0) is 21.8. The number of hydrazone groups is 1. The summed E-state index contributed by atoms with van der Waals surface area (Å²) < 4.78 is 29.4. The highest BCUT2D eigenvalue weighted by Crippen LogP contribution is 2.30. The Bertz CT molecular complexity index is 1330. The fourth-order valence-electron chi connectivity index (χ4n) is 2.73. The topological polar surface area (TPSA) is 107 Å². The quantitative estimate of drug-likeness (QED) is 0.360. The van der Waals surface area contributed by atoms with Crippen LogP contribution in [0.15, 0.2) is 73.8 Å². The molecule has 31 heavy (non-hydrogen) atoms. The van der Waals surface area contributed by atoms with Gasteiger partial charge < -0.3 is 13.7 Å². The Morgan fingerprint density at radius 1 is 1.26 bits per heavy atom. The first kappa shape index (κ1) is 20.3. The normalized spacial score (nSPS) is 11.2. The van der Waals surface area contributed by atoms with Crippen LogP contribution in [0, 0.1) is 5.82 Å². The largest absolute Gasteiger partial charge is 0.483 e. The van der Waals surface area contributed by atoms with Gasteiger partial charge >= 0.3 is 0 Å². The van der Waals surface area contributed by atoms with E-state index in [4.69, 9.17) is 25.3 Å². The van der Waals surface area contributed by atoms with Gasteiger partial charge in [-0.1, -0.05) is 16.8 Å². The number of hydrogen-bond donors (Lipinski definition) is 1. The van der Waals surface area contributed by atoms with Crippen molar-refractivity contribution in [3.05, 3.63) is 81.6 Å². The zero-order valence-corrected chi connectivity index (χ0v) is 16.4. The number of benzene rings is 2. The molecule has 4 aromatic rings. The van der Waals surface area contributed by atoms with Gasteiger partial charge in [0.1, 0.15) is 23.4 Å². The van der Waals surface area contributed by atoms with E-state index in [0.29, 0.717) is 21.6 Å². The summed E-state index contributed by atoms with van der Waals surface area (Å²) in [7, 11) is 0. The Morgan fingerprint density at radius 3 is 2.94 bits per heavy atom. The number of ether oxygens (including phenoxy) is 1. The third-order valence-electron chi connectivity index (χ3n) is 4.16. The summed E-state index contributed by atoms with van der Waals surface area (Å²) in [6, 6.07) is 9.98. The van der Waals surface area contributed by atoms with Crippen molar-refractivity contribution in [1.82, 2.24) is 10.6 Å². The molecule has 0 spiro atoms. The fourth-order valence-corrected chi connectivity index (χ4v) is 2.90. The zero-order valence-electron chi connectivity index (χ0n) is 15.7. The molecule has 0 unspecified atom stereocenters. The van der Waals surface area contributed by atoms with Crippen LogP contribution in [0.1, 0.15) is 5.56 Å². The Kier molecular flexibility index (Phi) is 5.76. The van der Waals surface area contributed by atoms with Gasteiger partial charge in [-0.15, -0.1) is 0 Å². The van der Waals surface area contributed by atoms with Crippen LogP contribution < -0.4 is 15.6 Å². The second-order valence-corrected chi connectivity index (χ2v) is 6.70. The van der Waals surface area contributed by atoms with Crippen molar-refractivity contribution in [2.24, 2.45) is 5.10 Å². The average Bonchev–Trinajstić information content (AvgIpc) is 3.29. The van der Waals surface area contributed by atoms with Crippen LogP contribution in [-0.2, 0) is 4.79 Å². The van der Waals surface area contributed by atoms with E-state index >= 15 is 0 Å². The Morgan fingerprint density at radius 2 is 2.13 bits per heavy atom. The average molecular weight is 442 g/mol. The van der Waals surface area contributed by atoms with E-state index in [2.05, 4.69) is 15.7 Å². The van der Waals surface area contributed by atoms with Gasteiger partial charge in [-0.2, -0.15) is 5.10 Å². The Balaban J connectivity index is 1.42. The molecule has 0 fully saturated rings. The van der Waals surface area contributed by atoms with Crippen molar-refractivity contribution in [2.45, 2.75) is 0 Å². The summed E-state index contributed by atoms with van der Waals surface area (Å²) in [6.45, 7) is -0.411. The van der Waals surface area contributed by atoms with Crippen LogP contribution in [0.25, 0.3) is 22.3 Å². The van der Waals surface area contributed by atoms with Crippen LogP contribution >= 0.6 is 11.6 Å². The number of nitrogens with one attached hydrogen (secondary N) is 1. The monoisotopic (exact) mass is 441 g/mol. The summed E-state index contributed by atoms with van der Waals surface area (Å²) in [6.07, 6.45) is 3.79. The molecule has 2 heterocycles. The highest BCUT2D eigenvalue weighted by molar-refractivity contribution is 6.31. The molecule has 0 aliphatic rings. The molecule has 0 bridgehead atoms. The summed E-state index contributed by atoms with van der Waals surface area (Å²) in [5.74, 6) is -0.582. The number of carbonyl (C=O) groups is 1. The number of amides is 1. The maximum Gasteiger partial charge on any atom is 0.277 e. The van der Waals surface area contributed by atoms with Gasteiger partial charge in [-0.05, 0) is 36.4 Å². The third kappa shape index (κ3) is 4.62. The van der Waals surface area contributed by atoms with Gasteiger partial charge in [0, 0.05) is 11.1 Å². The number of carbonyl (C=O) groups excluding carboxylic acids is 1. The fraction of sp³-hybridized carbons (Fsp3) is 0.0476. The van der Waals surface area contributed by atoms with E-state index in [1.807, 2.05) is 0 Å². The lowest BCUT2D eigenvalue weighted by atomic mass is 10.1. The van der Waals surface area contributed by atoms with Gasteiger partial charge in [0.05, 0.1) is 28.9 Å². The van der Waals surface area contributed by atoms with Crippen LogP contribution in [0.2, 0.25) is 5.02 Å². The number of nitrogens with zero attached hydrogens (tertiary/aromatic N) is 2. The molecule has 1 N–H and O–H groups in total. The lowest BCUT2D eigenvalue weighted by molar-refractivity contribution is -0.123. The maximum atomic E-state index is 13.6. The predicted molar refractivity (Wildman–Crippen MR) is 111 cm³/mol. The van der Waals surface area contributed by atoms with Crippen molar-refractivity contribution < 1.29 is 22.9 Å². The molecule has 0 radical (unpaired) electrons. The molecule has 0 aliphatic carbocycles. The SMILES string of the molecule is O=C(COc1ccc(F)cc1-c1ccno1)N/N=C/c1coc2ccc(Cl)cc2c1=O. The van der Waals surface area contributed by atoms with Crippen molar-refractivity contribution in [1.29, 1.82) is 0 Å². The van der Waals surface area contributed by atoms with E-state index < -0.39 is 18.3 Å². The molecule has 0 atom stereocenters. The number of hydrogen-bond acceptors (Lipinski definition) is 7. The van der Waals surface area contributed by atoms with Crippen molar-refractivity contribution in [3.63, 3.8) is 0 Å². The molecule has 156 valence electrons. The van der Waals surface area contributed by atoms with E-state index in [0.717, 1.165) is 6.21 Å². The van der Waals surface area contributed by atoms with Crippen molar-refractivity contribution in [2.75, 3.05) is 6.61 Å². The number of halogens is 2. The summed E-state index contributed by atoms with van der Waals surface area (Å²) in [5, 5.41) is 8.00. The van der Waals surface area contributed by atoms with Gasteiger partial charge in [0.2, 0.25) is 5.43 Å². The maximum absolute atomic E-state index is 13.6. The van der Waals surface area contributed by atoms with E-state index in [-0.39, 0.29) is 22.5 Å². The highest BCUT2D eigenvalue weighted by Gasteiger charge is 2.13. The van der Waals surface area contributed by atoms with Gasteiger partial charge in [0.15, 0.2) is 12.4 Å². The van der Waals surface area contributed by atoms with Crippen LogP contribution in [0.5, 0.6) is 5.75 Å². The van der Waals surface area contributed by atoms with Crippen molar-refractivity contribution >= 4 is 34.7 Å². The lowest BCUT2D eigenvalue weighted by Crippen LogP contribution is -2.25. The van der Waals surface area contributed by atoms with Gasteiger partial charge in [0.25, 0.3) is 5.91 Å². The smallest absolute Gasteiger partial charge is 0.277 e. The second-order valence-electron chi connectivity index (χ2n) is 6.26. The van der Waals surface area contributed by atoms with Gasteiger partial charge in [-0.3, -0.25) is 9.59 Å². The minimum absolute atomic E-state index is 0.127. The molecule has 2 aromatic carbocycles. The molecule has 0 saturated heterocycles. The molecule has 10 heteroatoms. The summed E-state index contributed by atoms with van der Waals surface area (Å²) in [4.78, 5) is 24.5. The number of fused-ring (bicyclic) bond motifs is 1. The lowest BCUT2D eigenvalue weighted by Gasteiger charge is -2.09. The standard InChI is InChI=1S/C21H13ClFN3O5/c22-13-1-3-18-16(7-13)21(28)12(10-29-18)9-24-26-20(27)11-30-17-4-2-14(23)8-15(17)19-5-6-25-31-19/h1-10H,11H2,(H,26,27)/b24-9+. The van der Waals surface area contributed by atoms with Gasteiger partial charge in [-0.25, -0.2) is 9.82 Å². The molecule has 1 amide bonds. The summed E-state index contributed by atoms with van der Waals surface area (Å²) >= 11 is 5.91.